The Bertz CT molecular complexity index is 612. The molecular formula is C17H27N5. The minimum Gasteiger partial charge on any atom is -0.334 e. The lowest BCUT2D eigenvalue weighted by Crippen LogP contribution is -2.42. The Kier molecular flexibility index (Phi) is 4.62. The topological polar surface area (TPSA) is 38.9 Å². The van der Waals surface area contributed by atoms with Crippen molar-refractivity contribution in [2.45, 2.75) is 65.7 Å². The van der Waals surface area contributed by atoms with Crippen LogP contribution in [0.15, 0.2) is 18.5 Å². The summed E-state index contributed by atoms with van der Waals surface area (Å²) in [6.07, 6.45) is 7.86. The smallest absolute Gasteiger partial charge is 0.122 e. The number of hydrogen-bond acceptors (Lipinski definition) is 3. The predicted molar refractivity (Wildman–Crippen MR) is 87.7 cm³/mol. The molecule has 0 aromatic carbocycles. The van der Waals surface area contributed by atoms with Gasteiger partial charge in [-0.15, -0.1) is 0 Å². The van der Waals surface area contributed by atoms with E-state index < -0.39 is 0 Å². The molecule has 0 saturated carbocycles. The molecule has 0 aliphatic carbocycles. The Morgan fingerprint density at radius 1 is 1.27 bits per heavy atom. The van der Waals surface area contributed by atoms with Crippen LogP contribution in [0.4, 0.5) is 0 Å². The minimum absolute atomic E-state index is 0.564. The first-order valence-electron chi connectivity index (χ1n) is 8.42. The highest BCUT2D eigenvalue weighted by Gasteiger charge is 2.24. The van der Waals surface area contributed by atoms with Crippen molar-refractivity contribution in [3.63, 3.8) is 0 Å². The fraction of sp³-hybridized carbons (Fsp3) is 0.647. The second-order valence-electron chi connectivity index (χ2n) is 6.36. The number of nitrogens with zero attached hydrogens (tertiary/aromatic N) is 5. The van der Waals surface area contributed by atoms with Gasteiger partial charge in [-0.3, -0.25) is 9.58 Å². The van der Waals surface area contributed by atoms with Crippen molar-refractivity contribution in [2.24, 2.45) is 0 Å². The molecule has 3 rings (SSSR count). The van der Waals surface area contributed by atoms with E-state index >= 15 is 0 Å². The standard InChI is InChI=1S/C17H27N5/c1-4-20-10-8-18-17(20)13-21-9-6-5-7-16(21)12-22-15(3)11-14(2)19-22/h8,10-11,16H,4-7,9,12-13H2,1-3H3. The van der Waals surface area contributed by atoms with Crippen LogP contribution >= 0.6 is 0 Å². The van der Waals surface area contributed by atoms with E-state index in [1.165, 1.54) is 37.3 Å². The lowest BCUT2D eigenvalue weighted by atomic mass is 10.0. The molecule has 0 bridgehead atoms. The van der Waals surface area contributed by atoms with Gasteiger partial charge in [0, 0.05) is 30.7 Å². The molecule has 22 heavy (non-hydrogen) atoms. The zero-order valence-electron chi connectivity index (χ0n) is 14.0. The number of piperidine rings is 1. The van der Waals surface area contributed by atoms with Crippen LogP contribution in [0, 0.1) is 13.8 Å². The number of hydrogen-bond donors (Lipinski definition) is 0. The number of aryl methyl sites for hydroxylation is 3. The SMILES string of the molecule is CCn1ccnc1CN1CCCCC1Cn1nc(C)cc1C. The third kappa shape index (κ3) is 3.24. The summed E-state index contributed by atoms with van der Waals surface area (Å²) in [6.45, 7) is 10.5. The average molecular weight is 301 g/mol. The van der Waals surface area contributed by atoms with Gasteiger partial charge in [-0.05, 0) is 46.2 Å². The zero-order valence-corrected chi connectivity index (χ0v) is 14.0. The van der Waals surface area contributed by atoms with Crippen molar-refractivity contribution in [2.75, 3.05) is 6.54 Å². The van der Waals surface area contributed by atoms with Gasteiger partial charge in [0.15, 0.2) is 0 Å². The van der Waals surface area contributed by atoms with E-state index in [1.807, 2.05) is 6.20 Å². The Morgan fingerprint density at radius 3 is 2.86 bits per heavy atom. The minimum atomic E-state index is 0.564. The van der Waals surface area contributed by atoms with Crippen molar-refractivity contribution in [1.29, 1.82) is 0 Å². The largest absolute Gasteiger partial charge is 0.334 e. The summed E-state index contributed by atoms with van der Waals surface area (Å²) in [5, 5.41) is 4.64. The molecule has 2 aromatic heterocycles. The average Bonchev–Trinajstić information content (AvgIpc) is 3.07. The van der Waals surface area contributed by atoms with E-state index in [9.17, 15) is 0 Å². The quantitative estimate of drug-likeness (QED) is 0.852. The number of rotatable bonds is 5. The molecule has 1 atom stereocenters. The maximum absolute atomic E-state index is 4.64. The van der Waals surface area contributed by atoms with Gasteiger partial charge in [-0.25, -0.2) is 4.98 Å². The van der Waals surface area contributed by atoms with E-state index in [0.717, 1.165) is 25.3 Å². The molecule has 5 nitrogen and oxygen atoms in total. The third-order valence-electron chi connectivity index (χ3n) is 4.72. The second kappa shape index (κ2) is 6.65. The number of likely N-dealkylation sites (tertiary alicyclic amines) is 1. The van der Waals surface area contributed by atoms with Crippen LogP contribution in [-0.4, -0.2) is 36.8 Å². The van der Waals surface area contributed by atoms with E-state index in [4.69, 9.17) is 0 Å². The van der Waals surface area contributed by atoms with Gasteiger partial charge in [0.05, 0.1) is 18.8 Å². The zero-order chi connectivity index (χ0) is 15.5. The van der Waals surface area contributed by atoms with Gasteiger partial charge < -0.3 is 4.57 Å². The van der Waals surface area contributed by atoms with Gasteiger partial charge in [0.2, 0.25) is 0 Å². The summed E-state index contributed by atoms with van der Waals surface area (Å²) in [5.74, 6) is 1.18. The molecule has 1 aliphatic rings. The lowest BCUT2D eigenvalue weighted by Gasteiger charge is -2.35. The van der Waals surface area contributed by atoms with Crippen LogP contribution < -0.4 is 0 Å². The number of aromatic nitrogens is 4. The summed E-state index contributed by atoms with van der Waals surface area (Å²) in [6, 6.07) is 2.73. The first-order chi connectivity index (χ1) is 10.7. The van der Waals surface area contributed by atoms with Gasteiger partial charge in [-0.2, -0.15) is 5.10 Å². The molecule has 1 aliphatic heterocycles. The number of imidazole rings is 1. The summed E-state index contributed by atoms with van der Waals surface area (Å²) in [5.41, 5.74) is 2.37. The Hall–Kier alpha value is -1.62. The van der Waals surface area contributed by atoms with Crippen molar-refractivity contribution in [3.8, 4) is 0 Å². The molecule has 3 heterocycles. The highest BCUT2D eigenvalue weighted by Crippen LogP contribution is 2.21. The van der Waals surface area contributed by atoms with E-state index in [2.05, 4.69) is 57.3 Å². The summed E-state index contributed by atoms with van der Waals surface area (Å²) >= 11 is 0. The predicted octanol–water partition coefficient (Wildman–Crippen LogP) is 2.77. The van der Waals surface area contributed by atoms with Crippen LogP contribution in [0.2, 0.25) is 0 Å². The molecule has 0 N–H and O–H groups in total. The molecule has 1 fully saturated rings. The summed E-state index contributed by atoms with van der Waals surface area (Å²) in [7, 11) is 0. The van der Waals surface area contributed by atoms with Gasteiger partial charge >= 0.3 is 0 Å². The van der Waals surface area contributed by atoms with Crippen molar-refractivity contribution >= 4 is 0 Å². The van der Waals surface area contributed by atoms with Crippen LogP contribution in [0.5, 0.6) is 0 Å². The lowest BCUT2D eigenvalue weighted by molar-refractivity contribution is 0.117. The molecule has 120 valence electrons. The van der Waals surface area contributed by atoms with Crippen LogP contribution in [0.25, 0.3) is 0 Å². The maximum atomic E-state index is 4.64. The summed E-state index contributed by atoms with van der Waals surface area (Å²) in [4.78, 5) is 7.13. The fourth-order valence-electron chi connectivity index (χ4n) is 3.50. The van der Waals surface area contributed by atoms with E-state index in [0.29, 0.717) is 6.04 Å². The highest BCUT2D eigenvalue weighted by atomic mass is 15.3. The Balaban J connectivity index is 1.72. The molecule has 0 amide bonds. The molecule has 2 aromatic rings. The molecular weight excluding hydrogens is 274 g/mol. The molecule has 0 radical (unpaired) electrons. The van der Waals surface area contributed by atoms with Crippen molar-refractivity contribution in [3.05, 3.63) is 35.7 Å². The van der Waals surface area contributed by atoms with Crippen LogP contribution in [0.1, 0.15) is 43.4 Å². The second-order valence-corrected chi connectivity index (χ2v) is 6.36. The van der Waals surface area contributed by atoms with Crippen molar-refractivity contribution < 1.29 is 0 Å². The highest BCUT2D eigenvalue weighted by molar-refractivity contribution is 5.07. The summed E-state index contributed by atoms with van der Waals surface area (Å²) < 4.78 is 4.42. The molecule has 0 spiro atoms. The molecule has 1 unspecified atom stereocenters. The van der Waals surface area contributed by atoms with Gasteiger partial charge in [0.25, 0.3) is 0 Å². The fourth-order valence-corrected chi connectivity index (χ4v) is 3.50. The van der Waals surface area contributed by atoms with E-state index in [-0.39, 0.29) is 0 Å². The van der Waals surface area contributed by atoms with Crippen LogP contribution in [-0.2, 0) is 19.6 Å². The van der Waals surface area contributed by atoms with E-state index in [1.54, 1.807) is 0 Å². The Labute approximate surface area is 133 Å². The first kappa shape index (κ1) is 15.3. The maximum Gasteiger partial charge on any atom is 0.122 e. The molecule has 1 saturated heterocycles. The molecule has 5 heteroatoms. The third-order valence-corrected chi connectivity index (χ3v) is 4.72. The Morgan fingerprint density at radius 2 is 2.14 bits per heavy atom. The first-order valence-corrected chi connectivity index (χ1v) is 8.42. The van der Waals surface area contributed by atoms with Gasteiger partial charge in [0.1, 0.15) is 5.82 Å². The van der Waals surface area contributed by atoms with Crippen LogP contribution in [0.3, 0.4) is 0 Å². The monoisotopic (exact) mass is 301 g/mol. The normalized spacial score (nSPS) is 19.7. The van der Waals surface area contributed by atoms with Crippen molar-refractivity contribution in [1.82, 2.24) is 24.2 Å². The van der Waals surface area contributed by atoms with Gasteiger partial charge in [-0.1, -0.05) is 6.42 Å².